The lowest BCUT2D eigenvalue weighted by Crippen LogP contribution is -2.12. The number of nitrogens with one attached hydrogen (secondary N) is 1. The zero-order chi connectivity index (χ0) is 13.5. The van der Waals surface area contributed by atoms with Gasteiger partial charge in [-0.2, -0.15) is 0 Å². The van der Waals surface area contributed by atoms with Crippen LogP contribution >= 0.6 is 0 Å². The van der Waals surface area contributed by atoms with Crippen LogP contribution in [-0.2, 0) is 4.79 Å². The molecule has 0 bridgehead atoms. The lowest BCUT2D eigenvalue weighted by Gasteiger charge is -2.06. The second-order valence-electron chi connectivity index (χ2n) is 3.52. The van der Waals surface area contributed by atoms with Crippen LogP contribution in [0.2, 0.25) is 0 Å². The Morgan fingerprint density at radius 2 is 2.28 bits per heavy atom. The molecule has 1 aromatic rings. The van der Waals surface area contributed by atoms with E-state index in [4.69, 9.17) is 9.84 Å². The lowest BCUT2D eigenvalue weighted by atomic mass is 10.2. The van der Waals surface area contributed by atoms with Gasteiger partial charge in [0.1, 0.15) is 0 Å². The van der Waals surface area contributed by atoms with E-state index in [1.807, 2.05) is 0 Å². The highest BCUT2D eigenvalue weighted by molar-refractivity contribution is 5.91. The Kier molecular flexibility index (Phi) is 5.06. The normalized spacial score (nSPS) is 9.89. The van der Waals surface area contributed by atoms with Crippen LogP contribution in [0.5, 0.6) is 5.75 Å². The Hall–Kier alpha value is -2.15. The first-order valence-corrected chi connectivity index (χ1v) is 5.31. The molecule has 0 saturated carbocycles. The van der Waals surface area contributed by atoms with Gasteiger partial charge in [0, 0.05) is 24.8 Å². The van der Waals surface area contributed by atoms with Gasteiger partial charge in [-0.25, -0.2) is 0 Å². The Morgan fingerprint density at radius 3 is 2.83 bits per heavy atom. The molecular weight excluding hydrogens is 240 g/mol. The van der Waals surface area contributed by atoms with Crippen LogP contribution in [0.3, 0.4) is 0 Å². The van der Waals surface area contributed by atoms with Crippen LogP contribution in [0.15, 0.2) is 18.2 Å². The highest BCUT2D eigenvalue weighted by atomic mass is 16.6. The molecule has 98 valence electrons. The van der Waals surface area contributed by atoms with Crippen LogP contribution in [0, 0.1) is 10.1 Å². The molecule has 0 fully saturated rings. The number of nitro benzene ring substituents is 1. The first-order valence-electron chi connectivity index (χ1n) is 5.31. The molecule has 1 aromatic carbocycles. The molecule has 0 radical (unpaired) electrons. The first-order chi connectivity index (χ1) is 8.58. The number of aliphatic hydroxyl groups excluding tert-OH is 1. The van der Waals surface area contributed by atoms with Crippen molar-refractivity contribution in [3.05, 3.63) is 28.3 Å². The SMILES string of the molecule is COc1ccc(NC(=O)CCCO)cc1[N+](=O)[O-]. The van der Waals surface area contributed by atoms with Gasteiger partial charge in [0.05, 0.1) is 12.0 Å². The summed E-state index contributed by atoms with van der Waals surface area (Å²) in [7, 11) is 1.34. The fourth-order valence-electron chi connectivity index (χ4n) is 1.37. The Morgan fingerprint density at radius 1 is 1.56 bits per heavy atom. The molecule has 0 aliphatic heterocycles. The van der Waals surface area contributed by atoms with Gasteiger partial charge in [0.25, 0.3) is 0 Å². The third-order valence-corrected chi connectivity index (χ3v) is 2.22. The summed E-state index contributed by atoms with van der Waals surface area (Å²) < 4.78 is 4.84. The fourth-order valence-corrected chi connectivity index (χ4v) is 1.37. The number of hydrogen-bond donors (Lipinski definition) is 2. The van der Waals surface area contributed by atoms with Crippen molar-refractivity contribution in [2.75, 3.05) is 19.0 Å². The van der Waals surface area contributed by atoms with Gasteiger partial charge in [0.2, 0.25) is 5.91 Å². The van der Waals surface area contributed by atoms with Crippen molar-refractivity contribution in [2.24, 2.45) is 0 Å². The number of carbonyl (C=O) groups is 1. The van der Waals surface area contributed by atoms with Crippen molar-refractivity contribution in [1.29, 1.82) is 0 Å². The van der Waals surface area contributed by atoms with Crippen molar-refractivity contribution < 1.29 is 19.6 Å². The highest BCUT2D eigenvalue weighted by Crippen LogP contribution is 2.29. The van der Waals surface area contributed by atoms with Crippen molar-refractivity contribution in [1.82, 2.24) is 0 Å². The average molecular weight is 254 g/mol. The van der Waals surface area contributed by atoms with Gasteiger partial charge in [-0.3, -0.25) is 14.9 Å². The largest absolute Gasteiger partial charge is 0.490 e. The number of benzene rings is 1. The predicted octanol–water partition coefficient (Wildman–Crippen LogP) is 1.31. The molecule has 0 aliphatic rings. The molecule has 18 heavy (non-hydrogen) atoms. The summed E-state index contributed by atoms with van der Waals surface area (Å²) in [6, 6.07) is 4.16. The van der Waals surface area contributed by atoms with Crippen molar-refractivity contribution in [2.45, 2.75) is 12.8 Å². The second kappa shape index (κ2) is 6.55. The van der Waals surface area contributed by atoms with Crippen LogP contribution in [0.1, 0.15) is 12.8 Å². The van der Waals surface area contributed by atoms with Gasteiger partial charge in [0.15, 0.2) is 5.75 Å². The molecule has 0 spiro atoms. The summed E-state index contributed by atoms with van der Waals surface area (Å²) in [4.78, 5) is 21.6. The topological polar surface area (TPSA) is 102 Å². The van der Waals surface area contributed by atoms with E-state index in [-0.39, 0.29) is 30.4 Å². The summed E-state index contributed by atoms with van der Waals surface area (Å²) >= 11 is 0. The number of nitro groups is 1. The number of amides is 1. The minimum Gasteiger partial charge on any atom is -0.490 e. The molecule has 1 rings (SSSR count). The highest BCUT2D eigenvalue weighted by Gasteiger charge is 2.15. The lowest BCUT2D eigenvalue weighted by molar-refractivity contribution is -0.385. The number of aliphatic hydroxyl groups is 1. The predicted molar refractivity (Wildman–Crippen MR) is 64.6 cm³/mol. The van der Waals surface area contributed by atoms with Gasteiger partial charge >= 0.3 is 5.69 Å². The van der Waals surface area contributed by atoms with Crippen molar-refractivity contribution in [3.63, 3.8) is 0 Å². The standard InChI is InChI=1S/C11H14N2O5/c1-18-10-5-4-8(7-9(10)13(16)17)12-11(15)3-2-6-14/h4-5,7,14H,2-3,6H2,1H3,(H,12,15). The van der Waals surface area contributed by atoms with Crippen molar-refractivity contribution >= 4 is 17.3 Å². The zero-order valence-corrected chi connectivity index (χ0v) is 9.88. The van der Waals surface area contributed by atoms with E-state index in [1.165, 1.54) is 25.3 Å². The number of methoxy groups -OCH3 is 1. The number of rotatable bonds is 6. The minimum absolute atomic E-state index is 0.0732. The number of carbonyl (C=O) groups excluding carboxylic acids is 1. The van der Waals surface area contributed by atoms with Gasteiger partial charge in [-0.15, -0.1) is 0 Å². The number of anilines is 1. The van der Waals surface area contributed by atoms with E-state index in [0.717, 1.165) is 0 Å². The third-order valence-electron chi connectivity index (χ3n) is 2.22. The fraction of sp³-hybridized carbons (Fsp3) is 0.364. The molecule has 1 amide bonds. The van der Waals surface area contributed by atoms with E-state index < -0.39 is 4.92 Å². The summed E-state index contributed by atoms with van der Waals surface area (Å²) in [5.41, 5.74) is 0.114. The summed E-state index contributed by atoms with van der Waals surface area (Å²) in [5, 5.41) is 21.9. The molecule has 7 nitrogen and oxygen atoms in total. The molecule has 7 heteroatoms. The third kappa shape index (κ3) is 3.70. The maximum absolute atomic E-state index is 11.4. The number of hydrogen-bond acceptors (Lipinski definition) is 5. The maximum Gasteiger partial charge on any atom is 0.312 e. The van der Waals surface area contributed by atoms with Gasteiger partial charge < -0.3 is 15.2 Å². The van der Waals surface area contributed by atoms with E-state index in [1.54, 1.807) is 0 Å². The molecular formula is C11H14N2O5. The summed E-state index contributed by atoms with van der Waals surface area (Å²) in [5.74, 6) is -0.170. The first kappa shape index (κ1) is 13.9. The minimum atomic E-state index is -0.581. The quantitative estimate of drug-likeness (QED) is 0.588. The molecule has 0 atom stereocenters. The van der Waals surface area contributed by atoms with Crippen molar-refractivity contribution in [3.8, 4) is 5.75 Å². The van der Waals surface area contributed by atoms with Crippen LogP contribution in [0.25, 0.3) is 0 Å². The maximum atomic E-state index is 11.4. The van der Waals surface area contributed by atoms with E-state index in [9.17, 15) is 14.9 Å². The molecule has 0 aliphatic carbocycles. The monoisotopic (exact) mass is 254 g/mol. The second-order valence-corrected chi connectivity index (χ2v) is 3.52. The van der Waals surface area contributed by atoms with Gasteiger partial charge in [-0.1, -0.05) is 0 Å². The average Bonchev–Trinajstić information content (AvgIpc) is 2.36. The zero-order valence-electron chi connectivity index (χ0n) is 9.88. The number of ether oxygens (including phenoxy) is 1. The van der Waals surface area contributed by atoms with Crippen LogP contribution in [-0.4, -0.2) is 29.7 Å². The molecule has 2 N–H and O–H groups in total. The summed E-state index contributed by atoms with van der Waals surface area (Å²) in [6.45, 7) is -0.0732. The van der Waals surface area contributed by atoms with Crippen LogP contribution < -0.4 is 10.1 Å². The molecule has 0 saturated heterocycles. The Balaban J connectivity index is 2.82. The van der Waals surface area contributed by atoms with E-state index in [0.29, 0.717) is 12.1 Å². The molecule has 0 unspecified atom stereocenters. The molecule has 0 heterocycles. The van der Waals surface area contributed by atoms with Crippen LogP contribution in [0.4, 0.5) is 11.4 Å². The Labute approximate surface area is 104 Å². The Bertz CT molecular complexity index is 447. The smallest absolute Gasteiger partial charge is 0.312 e. The number of nitrogens with zero attached hydrogens (tertiary/aromatic N) is 1. The molecule has 0 aromatic heterocycles. The summed E-state index contributed by atoms with van der Waals surface area (Å²) in [6.07, 6.45) is 0.514. The van der Waals surface area contributed by atoms with E-state index in [2.05, 4.69) is 5.32 Å². The van der Waals surface area contributed by atoms with E-state index >= 15 is 0 Å². The van der Waals surface area contributed by atoms with Gasteiger partial charge in [-0.05, 0) is 18.6 Å².